The van der Waals surface area contributed by atoms with E-state index in [0.717, 1.165) is 0 Å². The Bertz CT molecular complexity index is 503. The van der Waals surface area contributed by atoms with Crippen LogP contribution in [0.25, 0.3) is 6.08 Å². The molecule has 1 aromatic rings. The molecule has 0 amide bonds. The maximum Gasteiger partial charge on any atom is 0.469 e. The lowest BCUT2D eigenvalue weighted by molar-refractivity contribution is -0.134. The van der Waals surface area contributed by atoms with Crippen LogP contribution in [0.4, 0.5) is 13.2 Å². The Morgan fingerprint density at radius 2 is 1.82 bits per heavy atom. The van der Waals surface area contributed by atoms with E-state index in [0.29, 0.717) is 5.56 Å². The van der Waals surface area contributed by atoms with Crippen LogP contribution in [-0.4, -0.2) is 18.0 Å². The molecule has 6 heteroatoms. The number of cyclic esters (lactones) is 1. The van der Waals surface area contributed by atoms with Crippen molar-refractivity contribution >= 4 is 17.9 Å². The Morgan fingerprint density at radius 3 is 2.35 bits per heavy atom. The van der Waals surface area contributed by atoms with Gasteiger partial charge in [0, 0.05) is 0 Å². The summed E-state index contributed by atoms with van der Waals surface area (Å²) in [4.78, 5) is 14.2. The Labute approximate surface area is 94.2 Å². The van der Waals surface area contributed by atoms with Crippen LogP contribution in [0.15, 0.2) is 41.0 Å². The Kier molecular flexibility index (Phi) is 2.71. The number of halogens is 3. The number of ether oxygens (including phenoxy) is 1. The van der Waals surface area contributed by atoms with Crippen LogP contribution in [0.1, 0.15) is 5.56 Å². The molecule has 88 valence electrons. The van der Waals surface area contributed by atoms with Gasteiger partial charge < -0.3 is 4.74 Å². The van der Waals surface area contributed by atoms with E-state index in [1.807, 2.05) is 0 Å². The van der Waals surface area contributed by atoms with Gasteiger partial charge in [-0.3, -0.25) is 0 Å². The van der Waals surface area contributed by atoms with Crippen molar-refractivity contribution in [3.05, 3.63) is 41.6 Å². The van der Waals surface area contributed by atoms with E-state index in [1.54, 1.807) is 30.3 Å². The van der Waals surface area contributed by atoms with Crippen molar-refractivity contribution in [3.63, 3.8) is 0 Å². The van der Waals surface area contributed by atoms with Crippen LogP contribution in [0.3, 0.4) is 0 Å². The first-order valence-corrected chi connectivity index (χ1v) is 4.61. The van der Waals surface area contributed by atoms with E-state index in [9.17, 15) is 18.0 Å². The number of carbonyl (C=O) groups excluding carboxylic acids is 1. The van der Waals surface area contributed by atoms with Gasteiger partial charge in [0.2, 0.25) is 0 Å². The van der Waals surface area contributed by atoms with Crippen molar-refractivity contribution in [2.24, 2.45) is 4.99 Å². The SMILES string of the molecule is O=C1OC(C(F)(F)F)=N/C1=C/c1ccccc1. The number of hydrogen-bond donors (Lipinski definition) is 0. The average molecular weight is 241 g/mol. The van der Waals surface area contributed by atoms with Crippen LogP contribution in [-0.2, 0) is 9.53 Å². The summed E-state index contributed by atoms with van der Waals surface area (Å²) in [5.74, 6) is -2.62. The fourth-order valence-electron chi connectivity index (χ4n) is 1.24. The van der Waals surface area contributed by atoms with Crippen LogP contribution in [0.2, 0.25) is 0 Å². The zero-order chi connectivity index (χ0) is 12.5. The second-order valence-electron chi connectivity index (χ2n) is 3.24. The molecule has 1 heterocycles. The van der Waals surface area contributed by atoms with E-state index in [4.69, 9.17) is 0 Å². The van der Waals surface area contributed by atoms with E-state index in [2.05, 4.69) is 9.73 Å². The molecule has 17 heavy (non-hydrogen) atoms. The first-order valence-electron chi connectivity index (χ1n) is 4.61. The van der Waals surface area contributed by atoms with Gasteiger partial charge in [-0.05, 0) is 11.6 Å². The molecule has 0 saturated carbocycles. The third-order valence-corrected chi connectivity index (χ3v) is 1.97. The molecule has 0 fully saturated rings. The largest absolute Gasteiger partial charge is 0.469 e. The molecule has 0 atom stereocenters. The predicted octanol–water partition coefficient (Wildman–Crippen LogP) is 2.55. The van der Waals surface area contributed by atoms with Gasteiger partial charge in [-0.25, -0.2) is 9.79 Å². The summed E-state index contributed by atoms with van der Waals surface area (Å²) in [5, 5.41) is 0. The number of alkyl halides is 3. The van der Waals surface area contributed by atoms with Gasteiger partial charge in [-0.2, -0.15) is 13.2 Å². The maximum absolute atomic E-state index is 12.2. The molecule has 1 aromatic carbocycles. The lowest BCUT2D eigenvalue weighted by Crippen LogP contribution is -2.23. The van der Waals surface area contributed by atoms with Crippen molar-refractivity contribution < 1.29 is 22.7 Å². The third-order valence-electron chi connectivity index (χ3n) is 1.97. The van der Waals surface area contributed by atoms with E-state index >= 15 is 0 Å². The molecule has 0 N–H and O–H groups in total. The van der Waals surface area contributed by atoms with Gasteiger partial charge in [-0.1, -0.05) is 30.3 Å². The lowest BCUT2D eigenvalue weighted by atomic mass is 10.2. The fraction of sp³-hybridized carbons (Fsp3) is 0.0909. The summed E-state index contributed by atoms with van der Waals surface area (Å²) in [6, 6.07) is 8.42. The van der Waals surface area contributed by atoms with Gasteiger partial charge in [0.15, 0.2) is 5.70 Å². The molecule has 2 rings (SSSR count). The molecular weight excluding hydrogens is 235 g/mol. The minimum atomic E-state index is -4.75. The van der Waals surface area contributed by atoms with Crippen molar-refractivity contribution in [1.82, 2.24) is 0 Å². The summed E-state index contributed by atoms with van der Waals surface area (Å²) in [6.07, 6.45) is -3.51. The second-order valence-corrected chi connectivity index (χ2v) is 3.24. The number of aliphatic imine (C=N–C) groups is 1. The Morgan fingerprint density at radius 1 is 1.18 bits per heavy atom. The zero-order valence-corrected chi connectivity index (χ0v) is 8.36. The standard InChI is InChI=1S/C11H6F3NO2/c12-11(13,14)10-15-8(9(16)17-10)6-7-4-2-1-3-5-7/h1-6H/b8-6+. The van der Waals surface area contributed by atoms with Gasteiger partial charge in [0.1, 0.15) is 0 Å². The third kappa shape index (κ3) is 2.52. The highest BCUT2D eigenvalue weighted by Gasteiger charge is 2.44. The van der Waals surface area contributed by atoms with Crippen molar-refractivity contribution in [1.29, 1.82) is 0 Å². The van der Waals surface area contributed by atoms with Crippen LogP contribution in [0.5, 0.6) is 0 Å². The van der Waals surface area contributed by atoms with Crippen LogP contribution in [0, 0.1) is 0 Å². The molecule has 1 aliphatic rings. The predicted molar refractivity (Wildman–Crippen MR) is 54.0 cm³/mol. The zero-order valence-electron chi connectivity index (χ0n) is 8.36. The van der Waals surface area contributed by atoms with Gasteiger partial charge in [0.05, 0.1) is 0 Å². The summed E-state index contributed by atoms with van der Waals surface area (Å²) >= 11 is 0. The number of nitrogens with zero attached hydrogens (tertiary/aromatic N) is 1. The highest BCUT2D eigenvalue weighted by molar-refractivity contribution is 6.08. The number of benzene rings is 1. The van der Waals surface area contributed by atoms with E-state index < -0.39 is 18.0 Å². The maximum atomic E-state index is 12.2. The second kappa shape index (κ2) is 4.04. The topological polar surface area (TPSA) is 38.7 Å². The van der Waals surface area contributed by atoms with Crippen molar-refractivity contribution in [2.75, 3.05) is 0 Å². The molecule has 0 saturated heterocycles. The molecule has 0 bridgehead atoms. The molecule has 0 unspecified atom stereocenters. The number of esters is 1. The molecular formula is C11H6F3NO2. The average Bonchev–Trinajstić information content (AvgIpc) is 2.62. The smallest absolute Gasteiger partial charge is 0.397 e. The van der Waals surface area contributed by atoms with Gasteiger partial charge >= 0.3 is 18.0 Å². The van der Waals surface area contributed by atoms with E-state index in [-0.39, 0.29) is 5.70 Å². The number of carbonyl (C=O) groups is 1. The number of hydrogen-bond acceptors (Lipinski definition) is 3. The highest BCUT2D eigenvalue weighted by Crippen LogP contribution is 2.25. The van der Waals surface area contributed by atoms with Gasteiger partial charge in [-0.15, -0.1) is 0 Å². The van der Waals surface area contributed by atoms with Crippen molar-refractivity contribution in [2.45, 2.75) is 6.18 Å². The Balaban J connectivity index is 2.32. The summed E-state index contributed by atoms with van der Waals surface area (Å²) < 4.78 is 40.7. The first-order chi connectivity index (χ1) is 7.97. The fourth-order valence-corrected chi connectivity index (χ4v) is 1.24. The monoisotopic (exact) mass is 241 g/mol. The normalized spacial score (nSPS) is 18.2. The number of rotatable bonds is 1. The summed E-state index contributed by atoms with van der Waals surface area (Å²) in [7, 11) is 0. The lowest BCUT2D eigenvalue weighted by Gasteiger charge is -2.01. The highest BCUT2D eigenvalue weighted by atomic mass is 19.4. The van der Waals surface area contributed by atoms with Crippen LogP contribution < -0.4 is 0 Å². The molecule has 0 spiro atoms. The van der Waals surface area contributed by atoms with Gasteiger partial charge in [0.25, 0.3) is 0 Å². The van der Waals surface area contributed by atoms with Crippen molar-refractivity contribution in [3.8, 4) is 0 Å². The minimum Gasteiger partial charge on any atom is -0.397 e. The van der Waals surface area contributed by atoms with E-state index in [1.165, 1.54) is 6.08 Å². The minimum absolute atomic E-state index is 0.358. The quantitative estimate of drug-likeness (QED) is 0.559. The summed E-state index contributed by atoms with van der Waals surface area (Å²) in [6.45, 7) is 0. The molecule has 3 nitrogen and oxygen atoms in total. The molecule has 0 aliphatic carbocycles. The molecule has 0 radical (unpaired) electrons. The molecule has 1 aliphatic heterocycles. The summed E-state index contributed by atoms with van der Waals surface area (Å²) in [5.41, 5.74) is 0.218. The Hall–Kier alpha value is -2.11. The molecule has 0 aromatic heterocycles. The van der Waals surface area contributed by atoms with Crippen LogP contribution >= 0.6 is 0 Å². The first kappa shape index (κ1) is 11.4.